The van der Waals surface area contributed by atoms with Crippen molar-refractivity contribution in [1.82, 2.24) is 5.32 Å². The van der Waals surface area contributed by atoms with Gasteiger partial charge in [0.25, 0.3) is 15.9 Å². The summed E-state index contributed by atoms with van der Waals surface area (Å²) >= 11 is 0. The van der Waals surface area contributed by atoms with E-state index in [0.29, 0.717) is 17.0 Å². The van der Waals surface area contributed by atoms with Gasteiger partial charge in [0.15, 0.2) is 15.9 Å². The van der Waals surface area contributed by atoms with Gasteiger partial charge in [0.05, 0.1) is 28.1 Å². The van der Waals surface area contributed by atoms with E-state index in [1.165, 1.54) is 28.6 Å². The van der Waals surface area contributed by atoms with Crippen LogP contribution in [0.15, 0.2) is 88.7 Å². The van der Waals surface area contributed by atoms with Crippen LogP contribution in [-0.2, 0) is 24.7 Å². The monoisotopic (exact) mass is 500 g/mol. The fourth-order valence-electron chi connectivity index (χ4n) is 3.68. The molecule has 1 amide bonds. The lowest BCUT2D eigenvalue weighted by atomic mass is 10.1. The van der Waals surface area contributed by atoms with Gasteiger partial charge in [0.2, 0.25) is 0 Å². The van der Waals surface area contributed by atoms with Gasteiger partial charge in [0.1, 0.15) is 5.75 Å². The standard InChI is InChI=1S/C24H24N2O6S2/c1-17(18-12-14-19(15-13-18)33(2,28)29)25-24(27)23-16-26(21-10-6-7-11-22(21)32-23)34(30,31)20-8-4-3-5-9-20/h3-15,17,23H,16H2,1-2H3,(H,25,27)/t17-,23+/m0/s1. The number of hydrogen-bond donors (Lipinski definition) is 1. The minimum Gasteiger partial charge on any atom is -0.476 e. The molecule has 178 valence electrons. The maximum absolute atomic E-state index is 13.4. The van der Waals surface area contributed by atoms with E-state index in [2.05, 4.69) is 5.32 Å². The molecule has 0 saturated heterocycles. The van der Waals surface area contributed by atoms with Crippen molar-refractivity contribution in [2.45, 2.75) is 28.9 Å². The summed E-state index contributed by atoms with van der Waals surface area (Å²) in [6, 6.07) is 20.4. The van der Waals surface area contributed by atoms with Crippen molar-refractivity contribution in [2.24, 2.45) is 0 Å². The molecule has 1 aliphatic heterocycles. The van der Waals surface area contributed by atoms with Crippen LogP contribution in [0.2, 0.25) is 0 Å². The summed E-state index contributed by atoms with van der Waals surface area (Å²) in [5, 5.41) is 2.83. The number of amides is 1. The van der Waals surface area contributed by atoms with Gasteiger partial charge < -0.3 is 10.1 Å². The molecule has 0 bridgehead atoms. The van der Waals surface area contributed by atoms with E-state index in [9.17, 15) is 21.6 Å². The third-order valence-electron chi connectivity index (χ3n) is 5.53. The Morgan fingerprint density at radius 2 is 1.53 bits per heavy atom. The first kappa shape index (κ1) is 23.8. The summed E-state index contributed by atoms with van der Waals surface area (Å²) in [6.07, 6.45) is 0.0480. The number of carbonyl (C=O) groups is 1. The minimum atomic E-state index is -3.92. The number of nitrogens with zero attached hydrogens (tertiary/aromatic N) is 1. The molecule has 4 rings (SSSR count). The number of carbonyl (C=O) groups excluding carboxylic acids is 1. The highest BCUT2D eigenvalue weighted by Gasteiger charge is 2.37. The Hall–Kier alpha value is -3.37. The Bertz CT molecular complexity index is 1410. The summed E-state index contributed by atoms with van der Waals surface area (Å²) in [6.45, 7) is 1.56. The van der Waals surface area contributed by atoms with E-state index in [1.807, 2.05) is 0 Å². The Kier molecular flexibility index (Phi) is 6.37. The average molecular weight is 501 g/mol. The van der Waals surface area contributed by atoms with Gasteiger partial charge in [-0.3, -0.25) is 9.10 Å². The Labute approximate surface area is 199 Å². The summed E-state index contributed by atoms with van der Waals surface area (Å²) in [5.41, 5.74) is 1.06. The SMILES string of the molecule is C[C@H](NC(=O)[C@H]1CN(S(=O)(=O)c2ccccc2)c2ccccc2O1)c1ccc(S(C)(=O)=O)cc1. The number of hydrogen-bond acceptors (Lipinski definition) is 6. The summed E-state index contributed by atoms with van der Waals surface area (Å²) in [7, 11) is -7.25. The highest BCUT2D eigenvalue weighted by atomic mass is 32.2. The van der Waals surface area contributed by atoms with Gasteiger partial charge in [-0.05, 0) is 48.9 Å². The second-order valence-corrected chi connectivity index (χ2v) is 11.9. The van der Waals surface area contributed by atoms with Crippen LogP contribution in [0.4, 0.5) is 5.69 Å². The molecular formula is C24H24N2O6S2. The smallest absolute Gasteiger partial charge is 0.264 e. The fourth-order valence-corrected chi connectivity index (χ4v) is 5.81. The molecule has 0 unspecified atom stereocenters. The third kappa shape index (κ3) is 4.78. The second kappa shape index (κ2) is 9.11. The third-order valence-corrected chi connectivity index (χ3v) is 8.45. The van der Waals surface area contributed by atoms with Crippen LogP contribution >= 0.6 is 0 Å². The number of anilines is 1. The predicted molar refractivity (Wildman–Crippen MR) is 128 cm³/mol. The first-order chi connectivity index (χ1) is 16.1. The van der Waals surface area contributed by atoms with E-state index >= 15 is 0 Å². The first-order valence-corrected chi connectivity index (χ1v) is 13.8. The molecule has 0 aromatic heterocycles. The Morgan fingerprint density at radius 1 is 0.912 bits per heavy atom. The summed E-state index contributed by atoms with van der Waals surface area (Å²) < 4.78 is 57.1. The van der Waals surface area contributed by atoms with Crippen LogP contribution in [-0.4, -0.2) is 41.6 Å². The molecular weight excluding hydrogens is 476 g/mol. The zero-order chi connectivity index (χ0) is 24.5. The number of nitrogens with one attached hydrogen (secondary N) is 1. The zero-order valence-electron chi connectivity index (χ0n) is 18.6. The van der Waals surface area contributed by atoms with Crippen LogP contribution in [0, 0.1) is 0 Å². The van der Waals surface area contributed by atoms with E-state index in [1.54, 1.807) is 61.5 Å². The predicted octanol–water partition coefficient (Wildman–Crippen LogP) is 2.92. The maximum Gasteiger partial charge on any atom is 0.264 e. The van der Waals surface area contributed by atoms with Crippen LogP contribution in [0.25, 0.3) is 0 Å². The molecule has 0 saturated carbocycles. The van der Waals surface area contributed by atoms with Crippen molar-refractivity contribution in [3.05, 3.63) is 84.4 Å². The van der Waals surface area contributed by atoms with Gasteiger partial charge in [-0.1, -0.05) is 42.5 Å². The van der Waals surface area contributed by atoms with Crippen molar-refractivity contribution in [3.63, 3.8) is 0 Å². The van der Waals surface area contributed by atoms with Gasteiger partial charge >= 0.3 is 0 Å². The number of para-hydroxylation sites is 2. The van der Waals surface area contributed by atoms with Crippen molar-refractivity contribution >= 4 is 31.5 Å². The minimum absolute atomic E-state index is 0.116. The number of ether oxygens (including phenoxy) is 1. The molecule has 1 aliphatic rings. The van der Waals surface area contributed by atoms with Crippen LogP contribution in [0.1, 0.15) is 18.5 Å². The molecule has 3 aromatic carbocycles. The van der Waals surface area contributed by atoms with Crippen molar-refractivity contribution in [3.8, 4) is 5.75 Å². The zero-order valence-corrected chi connectivity index (χ0v) is 20.2. The van der Waals surface area contributed by atoms with Gasteiger partial charge in [-0.25, -0.2) is 16.8 Å². The number of sulfonamides is 1. The fraction of sp³-hybridized carbons (Fsp3) is 0.208. The lowest BCUT2D eigenvalue weighted by Gasteiger charge is -2.35. The maximum atomic E-state index is 13.4. The summed E-state index contributed by atoms with van der Waals surface area (Å²) in [4.78, 5) is 13.4. The molecule has 10 heteroatoms. The van der Waals surface area contributed by atoms with E-state index in [4.69, 9.17) is 4.74 Å². The first-order valence-electron chi connectivity index (χ1n) is 10.5. The van der Waals surface area contributed by atoms with E-state index < -0.39 is 37.9 Å². The van der Waals surface area contributed by atoms with Crippen LogP contribution in [0.3, 0.4) is 0 Å². The van der Waals surface area contributed by atoms with E-state index in [0.717, 1.165) is 6.26 Å². The quantitative estimate of drug-likeness (QED) is 0.557. The molecule has 1 heterocycles. The molecule has 0 fully saturated rings. The summed E-state index contributed by atoms with van der Waals surface area (Å²) in [5.74, 6) is -0.194. The van der Waals surface area contributed by atoms with Crippen molar-refractivity contribution < 1.29 is 26.4 Å². The molecule has 34 heavy (non-hydrogen) atoms. The van der Waals surface area contributed by atoms with Gasteiger partial charge in [-0.15, -0.1) is 0 Å². The molecule has 0 radical (unpaired) electrons. The van der Waals surface area contributed by atoms with Crippen molar-refractivity contribution in [2.75, 3.05) is 17.1 Å². The van der Waals surface area contributed by atoms with Gasteiger partial charge in [-0.2, -0.15) is 0 Å². The van der Waals surface area contributed by atoms with Crippen molar-refractivity contribution in [1.29, 1.82) is 0 Å². The molecule has 8 nitrogen and oxygen atoms in total. The lowest BCUT2D eigenvalue weighted by molar-refractivity contribution is -0.128. The number of rotatable bonds is 6. The second-order valence-electron chi connectivity index (χ2n) is 7.99. The molecule has 2 atom stereocenters. The lowest BCUT2D eigenvalue weighted by Crippen LogP contribution is -2.51. The highest BCUT2D eigenvalue weighted by molar-refractivity contribution is 7.92. The molecule has 3 aromatic rings. The average Bonchev–Trinajstić information content (AvgIpc) is 2.83. The number of fused-ring (bicyclic) bond motifs is 1. The van der Waals surface area contributed by atoms with Crippen LogP contribution < -0.4 is 14.4 Å². The van der Waals surface area contributed by atoms with E-state index in [-0.39, 0.29) is 16.3 Å². The molecule has 1 N–H and O–H groups in total. The Morgan fingerprint density at radius 3 is 2.18 bits per heavy atom. The van der Waals surface area contributed by atoms with Gasteiger partial charge in [0, 0.05) is 6.26 Å². The Balaban J connectivity index is 1.57. The molecule has 0 spiro atoms. The topological polar surface area (TPSA) is 110 Å². The van der Waals surface area contributed by atoms with Crippen LogP contribution in [0.5, 0.6) is 5.75 Å². The number of sulfone groups is 1. The normalized spacial score (nSPS) is 16.8. The largest absolute Gasteiger partial charge is 0.476 e. The highest BCUT2D eigenvalue weighted by Crippen LogP contribution is 2.36. The molecule has 0 aliphatic carbocycles. The number of benzene rings is 3.